The lowest BCUT2D eigenvalue weighted by molar-refractivity contribution is -0.173. The summed E-state index contributed by atoms with van der Waals surface area (Å²) in [5.74, 6) is -1.32. The van der Waals surface area contributed by atoms with E-state index in [0.29, 0.717) is 11.3 Å². The van der Waals surface area contributed by atoms with Crippen molar-refractivity contribution in [3.63, 3.8) is 0 Å². The molecule has 0 aliphatic carbocycles. The van der Waals surface area contributed by atoms with E-state index in [1.54, 1.807) is 25.1 Å². The number of benzene rings is 1. The zero-order chi connectivity index (χ0) is 13.1. The number of halogens is 3. The number of ether oxygens (including phenoxy) is 1. The summed E-state index contributed by atoms with van der Waals surface area (Å²) in [5.41, 5.74) is 1.37. The van der Waals surface area contributed by atoms with Crippen LogP contribution in [0, 0.1) is 6.92 Å². The second-order valence-electron chi connectivity index (χ2n) is 3.47. The van der Waals surface area contributed by atoms with Gasteiger partial charge in [-0.1, -0.05) is 6.07 Å². The van der Waals surface area contributed by atoms with Gasteiger partial charge in [0.25, 0.3) is 0 Å². The van der Waals surface area contributed by atoms with Crippen LogP contribution < -0.4 is 10.1 Å². The fourth-order valence-electron chi connectivity index (χ4n) is 1.27. The van der Waals surface area contributed by atoms with Gasteiger partial charge in [-0.15, -0.1) is 0 Å². The van der Waals surface area contributed by atoms with Crippen LogP contribution in [0.15, 0.2) is 18.2 Å². The van der Waals surface area contributed by atoms with Gasteiger partial charge in [0.1, 0.15) is 5.75 Å². The SMILES string of the molecule is COc1ccc(CNC(=O)C(F)(F)F)c(C)c1. The lowest BCUT2D eigenvalue weighted by Gasteiger charge is -2.10. The van der Waals surface area contributed by atoms with E-state index >= 15 is 0 Å². The summed E-state index contributed by atoms with van der Waals surface area (Å²) in [6.45, 7) is 1.58. The van der Waals surface area contributed by atoms with Crippen LogP contribution in [0.5, 0.6) is 5.75 Å². The van der Waals surface area contributed by atoms with Crippen molar-refractivity contribution in [3.05, 3.63) is 29.3 Å². The molecular weight excluding hydrogens is 235 g/mol. The van der Waals surface area contributed by atoms with E-state index < -0.39 is 12.1 Å². The van der Waals surface area contributed by atoms with E-state index in [1.165, 1.54) is 7.11 Å². The predicted molar refractivity (Wildman–Crippen MR) is 55.6 cm³/mol. The van der Waals surface area contributed by atoms with Crippen molar-refractivity contribution in [3.8, 4) is 5.75 Å². The molecule has 0 fully saturated rings. The molecule has 1 rings (SSSR count). The number of nitrogens with one attached hydrogen (secondary N) is 1. The average Bonchev–Trinajstić information content (AvgIpc) is 2.25. The van der Waals surface area contributed by atoms with Crippen LogP contribution in [0.1, 0.15) is 11.1 Å². The quantitative estimate of drug-likeness (QED) is 0.889. The summed E-state index contributed by atoms with van der Waals surface area (Å²) in [4.78, 5) is 10.6. The third-order valence-corrected chi connectivity index (χ3v) is 2.25. The number of alkyl halides is 3. The molecule has 0 aliphatic rings. The Labute approximate surface area is 96.6 Å². The Morgan fingerprint density at radius 1 is 1.41 bits per heavy atom. The predicted octanol–water partition coefficient (Wildman–Crippen LogP) is 2.18. The molecule has 1 aromatic rings. The number of carbonyl (C=O) groups excluding carboxylic acids is 1. The highest BCUT2D eigenvalue weighted by Gasteiger charge is 2.38. The van der Waals surface area contributed by atoms with E-state index in [-0.39, 0.29) is 6.54 Å². The topological polar surface area (TPSA) is 38.3 Å². The van der Waals surface area contributed by atoms with Crippen LogP contribution in [-0.4, -0.2) is 19.2 Å². The van der Waals surface area contributed by atoms with Crippen molar-refractivity contribution in [2.45, 2.75) is 19.6 Å². The highest BCUT2D eigenvalue weighted by molar-refractivity contribution is 5.81. The first-order valence-corrected chi connectivity index (χ1v) is 4.83. The van der Waals surface area contributed by atoms with Crippen LogP contribution in [-0.2, 0) is 11.3 Å². The molecule has 94 valence electrons. The average molecular weight is 247 g/mol. The molecule has 0 unspecified atom stereocenters. The number of carbonyl (C=O) groups is 1. The summed E-state index contributed by atoms with van der Waals surface area (Å²) in [6.07, 6.45) is -4.85. The van der Waals surface area contributed by atoms with E-state index in [0.717, 1.165) is 5.56 Å². The Morgan fingerprint density at radius 2 is 2.06 bits per heavy atom. The zero-order valence-electron chi connectivity index (χ0n) is 9.39. The number of methoxy groups -OCH3 is 1. The molecule has 1 N–H and O–H groups in total. The minimum atomic E-state index is -4.85. The van der Waals surface area contributed by atoms with E-state index in [9.17, 15) is 18.0 Å². The van der Waals surface area contributed by atoms with Crippen LogP contribution in [0.25, 0.3) is 0 Å². The number of rotatable bonds is 3. The van der Waals surface area contributed by atoms with Crippen LogP contribution >= 0.6 is 0 Å². The summed E-state index contributed by atoms with van der Waals surface area (Å²) in [5, 5.41) is 1.81. The molecule has 0 spiro atoms. The Bertz CT molecular complexity index is 416. The van der Waals surface area contributed by atoms with Gasteiger partial charge in [-0.25, -0.2) is 0 Å². The Kier molecular flexibility index (Phi) is 3.98. The zero-order valence-corrected chi connectivity index (χ0v) is 9.39. The molecule has 0 aromatic heterocycles. The summed E-state index contributed by atoms with van der Waals surface area (Å²) in [7, 11) is 1.50. The van der Waals surface area contributed by atoms with Crippen LogP contribution in [0.4, 0.5) is 13.2 Å². The molecule has 6 heteroatoms. The lowest BCUT2D eigenvalue weighted by atomic mass is 10.1. The van der Waals surface area contributed by atoms with Crippen LogP contribution in [0.2, 0.25) is 0 Å². The summed E-state index contributed by atoms with van der Waals surface area (Å²) in [6, 6.07) is 4.93. The van der Waals surface area contributed by atoms with E-state index in [2.05, 4.69) is 0 Å². The first kappa shape index (κ1) is 13.3. The van der Waals surface area contributed by atoms with Gasteiger partial charge in [-0.2, -0.15) is 13.2 Å². The molecule has 0 heterocycles. The van der Waals surface area contributed by atoms with E-state index in [4.69, 9.17) is 4.74 Å². The van der Waals surface area contributed by atoms with Crippen molar-refractivity contribution in [1.82, 2.24) is 5.32 Å². The minimum Gasteiger partial charge on any atom is -0.497 e. The fraction of sp³-hybridized carbons (Fsp3) is 0.364. The van der Waals surface area contributed by atoms with Gasteiger partial charge in [-0.3, -0.25) is 4.79 Å². The van der Waals surface area contributed by atoms with Gasteiger partial charge in [0, 0.05) is 6.54 Å². The Morgan fingerprint density at radius 3 is 2.53 bits per heavy atom. The molecule has 1 aromatic carbocycles. The van der Waals surface area contributed by atoms with Crippen molar-refractivity contribution < 1.29 is 22.7 Å². The maximum absolute atomic E-state index is 11.9. The molecule has 1 amide bonds. The largest absolute Gasteiger partial charge is 0.497 e. The molecule has 17 heavy (non-hydrogen) atoms. The van der Waals surface area contributed by atoms with Crippen LogP contribution in [0.3, 0.4) is 0 Å². The summed E-state index contributed by atoms with van der Waals surface area (Å²) >= 11 is 0. The smallest absolute Gasteiger partial charge is 0.471 e. The number of amides is 1. The van der Waals surface area contributed by atoms with Crippen molar-refractivity contribution >= 4 is 5.91 Å². The van der Waals surface area contributed by atoms with Gasteiger partial charge in [-0.05, 0) is 30.2 Å². The molecule has 0 saturated carbocycles. The second-order valence-corrected chi connectivity index (χ2v) is 3.47. The monoisotopic (exact) mass is 247 g/mol. The lowest BCUT2D eigenvalue weighted by Crippen LogP contribution is -2.36. The first-order chi connectivity index (χ1) is 7.84. The maximum atomic E-state index is 11.9. The first-order valence-electron chi connectivity index (χ1n) is 4.83. The Balaban J connectivity index is 2.67. The number of aryl methyl sites for hydroxylation is 1. The summed E-state index contributed by atoms with van der Waals surface area (Å²) < 4.78 is 40.8. The second kappa shape index (κ2) is 5.07. The minimum absolute atomic E-state index is 0.159. The normalized spacial score (nSPS) is 11.1. The molecular formula is C11H12F3NO2. The van der Waals surface area contributed by atoms with E-state index in [1.807, 2.05) is 5.32 Å². The highest BCUT2D eigenvalue weighted by atomic mass is 19.4. The number of hydrogen-bond acceptors (Lipinski definition) is 2. The fourth-order valence-corrected chi connectivity index (χ4v) is 1.27. The van der Waals surface area contributed by atoms with Crippen molar-refractivity contribution in [1.29, 1.82) is 0 Å². The molecule has 0 radical (unpaired) electrons. The molecule has 3 nitrogen and oxygen atoms in total. The van der Waals surface area contributed by atoms with Gasteiger partial charge in [0.05, 0.1) is 7.11 Å². The van der Waals surface area contributed by atoms with Gasteiger partial charge >= 0.3 is 12.1 Å². The molecule has 0 saturated heterocycles. The van der Waals surface area contributed by atoms with Gasteiger partial charge < -0.3 is 10.1 Å². The van der Waals surface area contributed by atoms with Crippen molar-refractivity contribution in [2.75, 3.05) is 7.11 Å². The molecule has 0 bridgehead atoms. The Hall–Kier alpha value is -1.72. The molecule has 0 atom stereocenters. The van der Waals surface area contributed by atoms with Crippen molar-refractivity contribution in [2.24, 2.45) is 0 Å². The third kappa shape index (κ3) is 3.65. The van der Waals surface area contributed by atoms with Gasteiger partial charge in [0.15, 0.2) is 0 Å². The standard InChI is InChI=1S/C11H12F3NO2/c1-7-5-9(17-2)4-3-8(7)6-15-10(16)11(12,13)14/h3-5H,6H2,1-2H3,(H,15,16). The molecule has 0 aliphatic heterocycles. The van der Waals surface area contributed by atoms with Gasteiger partial charge in [0.2, 0.25) is 0 Å². The third-order valence-electron chi connectivity index (χ3n) is 2.25. The highest BCUT2D eigenvalue weighted by Crippen LogP contribution is 2.18. The number of hydrogen-bond donors (Lipinski definition) is 1. The maximum Gasteiger partial charge on any atom is 0.471 e.